The molecule has 1 N–H and O–H groups in total. The molecule has 1 aliphatic carbocycles. The van der Waals surface area contributed by atoms with Gasteiger partial charge in [0.05, 0.1) is 11.6 Å². The number of benzene rings is 2. The van der Waals surface area contributed by atoms with Gasteiger partial charge in [0, 0.05) is 43.2 Å². The molecule has 192 valence electrons. The molecule has 2 fully saturated rings. The summed E-state index contributed by atoms with van der Waals surface area (Å²) in [7, 11) is 0. The molecule has 5 heteroatoms. The van der Waals surface area contributed by atoms with Crippen LogP contribution >= 0.6 is 0 Å². The summed E-state index contributed by atoms with van der Waals surface area (Å²) in [5, 5.41) is 12.5. The van der Waals surface area contributed by atoms with Crippen molar-refractivity contribution in [2.24, 2.45) is 11.8 Å². The number of hydrogen-bond acceptors (Lipinski definition) is 4. The average Bonchev–Trinajstić information content (AvgIpc) is 3.43. The zero-order chi connectivity index (χ0) is 25.5. The molecule has 3 atom stereocenters. The van der Waals surface area contributed by atoms with E-state index in [1.165, 1.54) is 44.2 Å². The molecule has 3 aromatic rings. The zero-order valence-corrected chi connectivity index (χ0v) is 21.6. The molecule has 0 unspecified atom stereocenters. The Morgan fingerprint density at radius 3 is 2.59 bits per heavy atom. The van der Waals surface area contributed by atoms with Gasteiger partial charge in [-0.25, -0.2) is 0 Å². The minimum atomic E-state index is 0.136. The summed E-state index contributed by atoms with van der Waals surface area (Å²) in [5.74, 6) is 3.05. The van der Waals surface area contributed by atoms with Crippen molar-refractivity contribution < 1.29 is 9.21 Å². The normalized spacial score (nSPS) is 21.8. The van der Waals surface area contributed by atoms with Crippen molar-refractivity contribution in [3.63, 3.8) is 0 Å². The van der Waals surface area contributed by atoms with Crippen LogP contribution in [0.5, 0.6) is 0 Å². The molecule has 5 nitrogen and oxygen atoms in total. The first-order chi connectivity index (χ1) is 18.2. The number of amides is 1. The molecule has 0 bridgehead atoms. The first-order valence-electron chi connectivity index (χ1n) is 13.9. The van der Waals surface area contributed by atoms with Gasteiger partial charge in [-0.3, -0.25) is 4.79 Å². The number of nitrogens with one attached hydrogen (secondary N) is 1. The molecular formula is C32H37N3O2. The highest BCUT2D eigenvalue weighted by atomic mass is 16.3. The maximum absolute atomic E-state index is 12.9. The maximum atomic E-state index is 12.9. The molecule has 1 saturated heterocycles. The van der Waals surface area contributed by atoms with Gasteiger partial charge >= 0.3 is 0 Å². The minimum absolute atomic E-state index is 0.136. The fraction of sp³-hybridized carbons (Fsp3) is 0.438. The number of rotatable bonds is 8. The smallest absolute Gasteiger partial charge is 0.220 e. The van der Waals surface area contributed by atoms with Crippen LogP contribution in [0.4, 0.5) is 5.69 Å². The molecule has 1 amide bonds. The van der Waals surface area contributed by atoms with Gasteiger partial charge in [0.2, 0.25) is 5.91 Å². The van der Waals surface area contributed by atoms with Gasteiger partial charge in [0.25, 0.3) is 0 Å². The summed E-state index contributed by atoms with van der Waals surface area (Å²) < 4.78 is 5.99. The molecule has 1 saturated carbocycles. The van der Waals surface area contributed by atoms with E-state index >= 15 is 0 Å². The molecule has 0 radical (unpaired) electrons. The lowest BCUT2D eigenvalue weighted by Crippen LogP contribution is -2.44. The Bertz CT molecular complexity index is 1190. The van der Waals surface area contributed by atoms with Crippen molar-refractivity contribution in [3.8, 4) is 17.4 Å². The maximum Gasteiger partial charge on any atom is 0.220 e. The molecule has 5 rings (SSSR count). The summed E-state index contributed by atoms with van der Waals surface area (Å²) in [6.45, 7) is 2.14. The van der Waals surface area contributed by atoms with Gasteiger partial charge in [-0.05, 0) is 80.3 Å². The summed E-state index contributed by atoms with van der Waals surface area (Å²) in [6, 6.07) is 24.5. The van der Waals surface area contributed by atoms with Crippen LogP contribution in [0.1, 0.15) is 62.7 Å². The second kappa shape index (κ2) is 12.1. The highest BCUT2D eigenvalue weighted by Gasteiger charge is 2.30. The van der Waals surface area contributed by atoms with Crippen molar-refractivity contribution >= 4 is 11.6 Å². The SMILES string of the molecule is N#Cc1ccc(N2CCC[C@H](C[C@@H]3CCCC[C@H]3NC(=O)CCc3ccc(-c4ccccc4)o3)C2)cc1. The number of nitrogens with zero attached hydrogens (tertiary/aromatic N) is 2. The monoisotopic (exact) mass is 495 g/mol. The van der Waals surface area contributed by atoms with Crippen LogP contribution in [0.2, 0.25) is 0 Å². The number of nitriles is 1. The van der Waals surface area contributed by atoms with Crippen LogP contribution in [0.15, 0.2) is 71.1 Å². The molecule has 1 aromatic heterocycles. The van der Waals surface area contributed by atoms with E-state index < -0.39 is 0 Å². The first kappa shape index (κ1) is 25.1. The van der Waals surface area contributed by atoms with Gasteiger partial charge in [-0.1, -0.05) is 43.2 Å². The van der Waals surface area contributed by atoms with Crippen LogP contribution < -0.4 is 10.2 Å². The van der Waals surface area contributed by atoms with Crippen molar-refractivity contribution in [1.29, 1.82) is 5.26 Å². The fourth-order valence-electron chi connectivity index (χ4n) is 6.13. The van der Waals surface area contributed by atoms with Crippen molar-refractivity contribution in [2.45, 2.75) is 63.8 Å². The lowest BCUT2D eigenvalue weighted by atomic mass is 9.77. The molecule has 0 spiro atoms. The van der Waals surface area contributed by atoms with Gasteiger partial charge in [0.15, 0.2) is 0 Å². The van der Waals surface area contributed by atoms with Gasteiger partial charge in [-0.2, -0.15) is 5.26 Å². The highest BCUT2D eigenvalue weighted by Crippen LogP contribution is 2.34. The Kier molecular flexibility index (Phi) is 8.25. The highest BCUT2D eigenvalue weighted by molar-refractivity contribution is 5.76. The van der Waals surface area contributed by atoms with Crippen molar-refractivity contribution in [2.75, 3.05) is 18.0 Å². The van der Waals surface area contributed by atoms with E-state index in [9.17, 15) is 4.79 Å². The van der Waals surface area contributed by atoms with Gasteiger partial charge in [-0.15, -0.1) is 0 Å². The third-order valence-corrected chi connectivity index (χ3v) is 8.09. The largest absolute Gasteiger partial charge is 0.461 e. The second-order valence-electron chi connectivity index (χ2n) is 10.7. The van der Waals surface area contributed by atoms with Gasteiger partial charge < -0.3 is 14.6 Å². The Balaban J connectivity index is 1.12. The molecular weight excluding hydrogens is 458 g/mol. The molecule has 2 aliphatic rings. The van der Waals surface area contributed by atoms with Crippen LogP contribution in [0.25, 0.3) is 11.3 Å². The predicted molar refractivity (Wildman–Crippen MR) is 147 cm³/mol. The van der Waals surface area contributed by atoms with E-state index in [4.69, 9.17) is 9.68 Å². The van der Waals surface area contributed by atoms with Crippen LogP contribution in [-0.2, 0) is 11.2 Å². The van der Waals surface area contributed by atoms with Crippen LogP contribution in [0, 0.1) is 23.2 Å². The number of hydrogen-bond donors (Lipinski definition) is 1. The fourth-order valence-corrected chi connectivity index (χ4v) is 6.13. The third kappa shape index (κ3) is 6.63. The molecule has 37 heavy (non-hydrogen) atoms. The number of aryl methyl sites for hydroxylation is 1. The van der Waals surface area contributed by atoms with Crippen LogP contribution in [0.3, 0.4) is 0 Å². The first-order valence-corrected chi connectivity index (χ1v) is 13.9. The van der Waals surface area contributed by atoms with E-state index in [-0.39, 0.29) is 11.9 Å². The summed E-state index contributed by atoms with van der Waals surface area (Å²) >= 11 is 0. The number of carbonyl (C=O) groups is 1. The number of furan rings is 1. The minimum Gasteiger partial charge on any atom is -0.461 e. The van der Waals surface area contributed by atoms with Crippen molar-refractivity contribution in [1.82, 2.24) is 5.32 Å². The zero-order valence-electron chi connectivity index (χ0n) is 21.6. The Labute approximate surface area is 220 Å². The number of carbonyl (C=O) groups excluding carboxylic acids is 1. The summed E-state index contributed by atoms with van der Waals surface area (Å²) in [4.78, 5) is 15.4. The molecule has 2 heterocycles. The van der Waals surface area contributed by atoms with E-state index in [2.05, 4.69) is 28.4 Å². The van der Waals surface area contributed by atoms with Crippen LogP contribution in [-0.4, -0.2) is 25.0 Å². The van der Waals surface area contributed by atoms with Gasteiger partial charge in [0.1, 0.15) is 11.5 Å². The second-order valence-corrected chi connectivity index (χ2v) is 10.7. The standard InChI is InChI=1S/C32H37N3O2/c33-22-24-12-14-28(15-13-24)35-20-6-7-25(23-35)21-27-10-4-5-11-30(27)34-32(36)19-17-29-16-18-31(37-29)26-8-2-1-3-9-26/h1-3,8-9,12-16,18,25,27,30H,4-7,10-11,17,19-21,23H2,(H,34,36)/t25-,27+,30-/m1/s1. The molecule has 2 aromatic carbocycles. The lowest BCUT2D eigenvalue weighted by Gasteiger charge is -2.39. The van der Waals surface area contributed by atoms with E-state index in [0.717, 1.165) is 36.6 Å². The third-order valence-electron chi connectivity index (χ3n) is 8.09. The van der Waals surface area contributed by atoms with Crippen molar-refractivity contribution in [3.05, 3.63) is 78.1 Å². The predicted octanol–water partition coefficient (Wildman–Crippen LogP) is 6.73. The van der Waals surface area contributed by atoms with E-state index in [1.54, 1.807) is 0 Å². The number of piperidine rings is 1. The molecule has 1 aliphatic heterocycles. The average molecular weight is 496 g/mol. The summed E-state index contributed by atoms with van der Waals surface area (Å²) in [6.07, 6.45) is 9.46. The summed E-state index contributed by atoms with van der Waals surface area (Å²) in [5.41, 5.74) is 2.98. The Hall–Kier alpha value is -3.52. The lowest BCUT2D eigenvalue weighted by molar-refractivity contribution is -0.122. The Morgan fingerprint density at radius 1 is 0.973 bits per heavy atom. The quantitative estimate of drug-likeness (QED) is 0.376. The topological polar surface area (TPSA) is 69.3 Å². The van der Waals surface area contributed by atoms with E-state index in [1.807, 2.05) is 54.6 Å². The van der Waals surface area contributed by atoms with E-state index in [0.29, 0.717) is 30.2 Å². The Morgan fingerprint density at radius 2 is 1.78 bits per heavy atom. The number of anilines is 1.